The zero-order valence-electron chi connectivity index (χ0n) is 9.16. The van der Waals surface area contributed by atoms with Crippen molar-refractivity contribution in [3.05, 3.63) is 29.8 Å². The summed E-state index contributed by atoms with van der Waals surface area (Å²) >= 11 is 1.38. The number of carbonyl (C=O) groups is 1. The van der Waals surface area contributed by atoms with Gasteiger partial charge in [0.25, 0.3) is 0 Å². The Balaban J connectivity index is 2.57. The maximum absolute atomic E-state index is 11.7. The van der Waals surface area contributed by atoms with Crippen molar-refractivity contribution in [2.24, 2.45) is 0 Å². The lowest BCUT2D eigenvalue weighted by Gasteiger charge is -2.03. The predicted molar refractivity (Wildman–Crippen MR) is 64.7 cm³/mol. The largest absolute Gasteiger partial charge is 0.497 e. The summed E-state index contributed by atoms with van der Waals surface area (Å²) in [6.45, 7) is 2.12. The van der Waals surface area contributed by atoms with Gasteiger partial charge in [0.15, 0.2) is 0 Å². The lowest BCUT2D eigenvalue weighted by molar-refractivity contribution is 0.108. The van der Waals surface area contributed by atoms with Crippen molar-refractivity contribution in [2.75, 3.05) is 12.9 Å². The van der Waals surface area contributed by atoms with E-state index in [4.69, 9.17) is 4.74 Å². The van der Waals surface area contributed by atoms with Crippen LogP contribution in [0.3, 0.4) is 0 Å². The summed E-state index contributed by atoms with van der Waals surface area (Å²) in [5.41, 5.74) is 0.718. The Hall–Kier alpha value is -0.960. The van der Waals surface area contributed by atoms with Gasteiger partial charge >= 0.3 is 0 Å². The Morgan fingerprint density at radius 3 is 2.93 bits per heavy atom. The second kappa shape index (κ2) is 6.51. The van der Waals surface area contributed by atoms with Crippen LogP contribution in [-0.2, 0) is 0 Å². The summed E-state index contributed by atoms with van der Waals surface area (Å²) in [7, 11) is 1.60. The van der Waals surface area contributed by atoms with E-state index in [1.807, 2.05) is 18.2 Å². The van der Waals surface area contributed by atoms with Crippen molar-refractivity contribution in [2.45, 2.75) is 19.8 Å². The molecule has 0 bridgehead atoms. The number of ether oxygens (including phenoxy) is 1. The first-order chi connectivity index (χ1) is 7.27. The highest BCUT2D eigenvalue weighted by Gasteiger charge is 2.06. The summed E-state index contributed by atoms with van der Waals surface area (Å²) < 4.78 is 5.07. The molecule has 0 fully saturated rings. The molecule has 82 valence electrons. The van der Waals surface area contributed by atoms with Crippen molar-refractivity contribution in [1.82, 2.24) is 0 Å². The van der Waals surface area contributed by atoms with E-state index in [1.54, 1.807) is 13.2 Å². The number of benzene rings is 1. The van der Waals surface area contributed by atoms with Crippen molar-refractivity contribution < 1.29 is 9.53 Å². The van der Waals surface area contributed by atoms with Crippen LogP contribution < -0.4 is 4.74 Å². The van der Waals surface area contributed by atoms with E-state index in [0.717, 1.165) is 29.9 Å². The first-order valence-corrected chi connectivity index (χ1v) is 6.07. The highest BCUT2D eigenvalue weighted by molar-refractivity contribution is 8.14. The van der Waals surface area contributed by atoms with E-state index in [9.17, 15) is 4.79 Å². The molecule has 1 aromatic rings. The normalized spacial score (nSPS) is 10.0. The standard InChI is InChI=1S/C12H16O2S/c1-3-4-8-15-12(13)10-6-5-7-11(9-10)14-2/h5-7,9H,3-4,8H2,1-2H3. The van der Waals surface area contributed by atoms with Crippen LogP contribution in [0.25, 0.3) is 0 Å². The molecule has 0 aliphatic carbocycles. The first-order valence-electron chi connectivity index (χ1n) is 5.09. The maximum Gasteiger partial charge on any atom is 0.219 e. The van der Waals surface area contributed by atoms with Gasteiger partial charge in [-0.2, -0.15) is 0 Å². The van der Waals surface area contributed by atoms with Crippen LogP contribution >= 0.6 is 11.8 Å². The Bertz CT molecular complexity index is 323. The smallest absolute Gasteiger partial charge is 0.219 e. The van der Waals surface area contributed by atoms with E-state index in [-0.39, 0.29) is 5.12 Å². The second-order valence-corrected chi connectivity index (χ2v) is 4.29. The van der Waals surface area contributed by atoms with Gasteiger partial charge in [-0.1, -0.05) is 37.2 Å². The summed E-state index contributed by atoms with van der Waals surface area (Å²) in [5, 5.41) is 0.127. The Morgan fingerprint density at radius 2 is 2.27 bits per heavy atom. The van der Waals surface area contributed by atoms with Crippen LogP contribution in [0.2, 0.25) is 0 Å². The molecule has 0 radical (unpaired) electrons. The fourth-order valence-corrected chi connectivity index (χ4v) is 2.05. The Labute approximate surface area is 95.0 Å². The molecule has 0 saturated carbocycles. The molecule has 3 heteroatoms. The van der Waals surface area contributed by atoms with Crippen molar-refractivity contribution in [3.63, 3.8) is 0 Å². The number of rotatable bonds is 5. The average Bonchev–Trinajstić information content (AvgIpc) is 2.29. The summed E-state index contributed by atoms with van der Waals surface area (Å²) in [4.78, 5) is 11.7. The first kappa shape index (κ1) is 12.1. The van der Waals surface area contributed by atoms with Gasteiger partial charge in [-0.25, -0.2) is 0 Å². The third-order valence-corrected chi connectivity index (χ3v) is 3.03. The van der Waals surface area contributed by atoms with Gasteiger partial charge in [0, 0.05) is 11.3 Å². The molecule has 0 saturated heterocycles. The quantitative estimate of drug-likeness (QED) is 0.717. The van der Waals surface area contributed by atoms with Gasteiger partial charge in [0.2, 0.25) is 5.12 Å². The van der Waals surface area contributed by atoms with Crippen LogP contribution in [0.15, 0.2) is 24.3 Å². The average molecular weight is 224 g/mol. The molecule has 15 heavy (non-hydrogen) atoms. The van der Waals surface area contributed by atoms with Crippen molar-refractivity contribution in [1.29, 1.82) is 0 Å². The van der Waals surface area contributed by atoms with Gasteiger partial charge < -0.3 is 4.74 Å². The third-order valence-electron chi connectivity index (χ3n) is 2.04. The van der Waals surface area contributed by atoms with E-state index >= 15 is 0 Å². The minimum atomic E-state index is 0.127. The number of thioether (sulfide) groups is 1. The molecule has 0 heterocycles. The molecule has 0 aromatic heterocycles. The number of unbranched alkanes of at least 4 members (excludes halogenated alkanes) is 1. The molecule has 0 aliphatic rings. The van der Waals surface area contributed by atoms with Gasteiger partial charge in [0.1, 0.15) is 5.75 Å². The molecule has 0 atom stereocenters. The lowest BCUT2D eigenvalue weighted by atomic mass is 10.2. The van der Waals surface area contributed by atoms with Crippen molar-refractivity contribution in [3.8, 4) is 5.75 Å². The fraction of sp³-hybridized carbons (Fsp3) is 0.417. The van der Waals surface area contributed by atoms with Crippen molar-refractivity contribution >= 4 is 16.9 Å². The van der Waals surface area contributed by atoms with Crippen LogP contribution in [0, 0.1) is 0 Å². The molecule has 0 amide bonds. The highest BCUT2D eigenvalue weighted by atomic mass is 32.2. The Morgan fingerprint density at radius 1 is 1.47 bits per heavy atom. The molecular formula is C12H16O2S. The summed E-state index contributed by atoms with van der Waals surface area (Å²) in [6.07, 6.45) is 2.21. The van der Waals surface area contributed by atoms with E-state index in [1.165, 1.54) is 11.8 Å². The van der Waals surface area contributed by atoms with Gasteiger partial charge in [-0.05, 0) is 18.6 Å². The van der Waals surface area contributed by atoms with Crippen LogP contribution in [0.5, 0.6) is 5.75 Å². The monoisotopic (exact) mass is 224 g/mol. The zero-order valence-corrected chi connectivity index (χ0v) is 9.97. The molecule has 0 N–H and O–H groups in total. The van der Waals surface area contributed by atoms with Crippen LogP contribution in [0.4, 0.5) is 0 Å². The van der Waals surface area contributed by atoms with E-state index in [0.29, 0.717) is 0 Å². The van der Waals surface area contributed by atoms with Crippen LogP contribution in [0.1, 0.15) is 30.1 Å². The summed E-state index contributed by atoms with van der Waals surface area (Å²) in [6, 6.07) is 7.28. The second-order valence-electron chi connectivity index (χ2n) is 3.22. The topological polar surface area (TPSA) is 26.3 Å². The highest BCUT2D eigenvalue weighted by Crippen LogP contribution is 2.18. The van der Waals surface area contributed by atoms with Crippen LogP contribution in [-0.4, -0.2) is 18.0 Å². The molecule has 0 aliphatic heterocycles. The number of methoxy groups -OCH3 is 1. The minimum Gasteiger partial charge on any atom is -0.497 e. The maximum atomic E-state index is 11.7. The SMILES string of the molecule is CCCCSC(=O)c1cccc(OC)c1. The fourth-order valence-electron chi connectivity index (χ4n) is 1.14. The molecule has 1 aromatic carbocycles. The Kier molecular flexibility index (Phi) is 5.26. The van der Waals surface area contributed by atoms with Gasteiger partial charge in [0.05, 0.1) is 7.11 Å². The summed E-state index contributed by atoms with van der Waals surface area (Å²) in [5.74, 6) is 1.63. The van der Waals surface area contributed by atoms with E-state index < -0.39 is 0 Å². The minimum absolute atomic E-state index is 0.127. The molecular weight excluding hydrogens is 208 g/mol. The van der Waals surface area contributed by atoms with Gasteiger partial charge in [-0.15, -0.1) is 0 Å². The zero-order chi connectivity index (χ0) is 11.1. The third kappa shape index (κ3) is 3.96. The molecule has 0 unspecified atom stereocenters. The van der Waals surface area contributed by atoms with E-state index in [2.05, 4.69) is 6.92 Å². The molecule has 2 nitrogen and oxygen atoms in total. The number of hydrogen-bond acceptors (Lipinski definition) is 3. The number of hydrogen-bond donors (Lipinski definition) is 0. The van der Waals surface area contributed by atoms with Gasteiger partial charge in [-0.3, -0.25) is 4.79 Å². The lowest BCUT2D eigenvalue weighted by Crippen LogP contribution is -1.95. The predicted octanol–water partition coefficient (Wildman–Crippen LogP) is 3.37. The molecule has 1 rings (SSSR count). The number of carbonyl (C=O) groups excluding carboxylic acids is 1. The molecule has 0 spiro atoms.